The monoisotopic (exact) mass is 242 g/mol. The lowest BCUT2D eigenvalue weighted by molar-refractivity contribution is 0.402. The van der Waals surface area contributed by atoms with E-state index in [0.29, 0.717) is 11.6 Å². The van der Waals surface area contributed by atoms with Gasteiger partial charge in [-0.15, -0.1) is 5.10 Å². The van der Waals surface area contributed by atoms with Crippen LogP contribution < -0.4 is 0 Å². The third kappa shape index (κ3) is 1.66. The van der Waals surface area contributed by atoms with E-state index in [2.05, 4.69) is 16.4 Å². The Hall–Kier alpha value is -2.22. The Labute approximate surface area is 104 Å². The molecule has 0 N–H and O–H groups in total. The van der Waals surface area contributed by atoms with Crippen LogP contribution in [0.5, 0.6) is 0 Å². The van der Waals surface area contributed by atoms with Gasteiger partial charge in [-0.05, 0) is 37.1 Å². The molecule has 1 aliphatic rings. The highest BCUT2D eigenvalue weighted by atomic mass is 19.1. The summed E-state index contributed by atoms with van der Waals surface area (Å²) in [6.45, 7) is 0. The minimum Gasteiger partial charge on any atom is -0.216 e. The zero-order valence-electron chi connectivity index (χ0n) is 9.67. The molecule has 1 aromatic heterocycles. The van der Waals surface area contributed by atoms with E-state index in [-0.39, 0.29) is 5.82 Å². The topological polar surface area (TPSA) is 54.5 Å². The van der Waals surface area contributed by atoms with Crippen molar-refractivity contribution in [1.29, 1.82) is 5.26 Å². The number of halogens is 1. The summed E-state index contributed by atoms with van der Waals surface area (Å²) in [7, 11) is 0. The molecule has 2 aromatic rings. The quantitative estimate of drug-likeness (QED) is 0.813. The largest absolute Gasteiger partial charge is 0.216 e. The Balaban J connectivity index is 2.09. The van der Waals surface area contributed by atoms with Crippen molar-refractivity contribution < 1.29 is 4.39 Å². The lowest BCUT2D eigenvalue weighted by Crippen LogP contribution is -2.15. The number of nitrogens with zero attached hydrogens (tertiary/aromatic N) is 4. The average molecular weight is 242 g/mol. The van der Waals surface area contributed by atoms with Gasteiger partial charge >= 0.3 is 0 Å². The summed E-state index contributed by atoms with van der Waals surface area (Å²) in [6.07, 6.45) is 3.29. The van der Waals surface area contributed by atoms with E-state index in [1.54, 1.807) is 16.8 Å². The van der Waals surface area contributed by atoms with E-state index in [1.165, 1.54) is 18.6 Å². The lowest BCUT2D eigenvalue weighted by Gasteiger charge is -2.25. The maximum Gasteiger partial charge on any atom is 0.186 e. The van der Waals surface area contributed by atoms with Crippen molar-refractivity contribution in [3.8, 4) is 11.8 Å². The van der Waals surface area contributed by atoms with Gasteiger partial charge < -0.3 is 0 Å². The van der Waals surface area contributed by atoms with Crippen LogP contribution in [0.15, 0.2) is 24.3 Å². The van der Waals surface area contributed by atoms with E-state index in [4.69, 9.17) is 5.26 Å². The molecule has 0 saturated heterocycles. The Bertz CT molecular complexity index is 605. The van der Waals surface area contributed by atoms with Crippen molar-refractivity contribution in [2.24, 2.45) is 0 Å². The highest BCUT2D eigenvalue weighted by Crippen LogP contribution is 2.38. The van der Waals surface area contributed by atoms with Gasteiger partial charge in [0.2, 0.25) is 0 Å². The molecule has 4 nitrogen and oxygen atoms in total. The molecule has 1 aliphatic carbocycles. The Morgan fingerprint density at radius 3 is 2.56 bits per heavy atom. The zero-order chi connectivity index (χ0) is 12.5. The number of nitriles is 1. The maximum absolute atomic E-state index is 12.9. The van der Waals surface area contributed by atoms with Gasteiger partial charge in [-0.25, -0.2) is 9.07 Å². The number of aromatic nitrogens is 3. The van der Waals surface area contributed by atoms with Gasteiger partial charge in [0, 0.05) is 5.92 Å². The lowest BCUT2D eigenvalue weighted by atomic mass is 9.82. The fourth-order valence-corrected chi connectivity index (χ4v) is 2.19. The summed E-state index contributed by atoms with van der Waals surface area (Å²) in [5, 5.41) is 17.0. The second kappa shape index (κ2) is 4.22. The van der Waals surface area contributed by atoms with E-state index < -0.39 is 0 Å². The summed E-state index contributed by atoms with van der Waals surface area (Å²) in [5.41, 5.74) is 1.98. The van der Waals surface area contributed by atoms with Gasteiger partial charge in [-0.3, -0.25) is 0 Å². The smallest absolute Gasteiger partial charge is 0.186 e. The summed E-state index contributed by atoms with van der Waals surface area (Å²) >= 11 is 0. The molecule has 3 rings (SSSR count). The predicted molar refractivity (Wildman–Crippen MR) is 62.6 cm³/mol. The molecule has 1 saturated carbocycles. The molecule has 0 atom stereocenters. The third-order valence-corrected chi connectivity index (χ3v) is 3.37. The van der Waals surface area contributed by atoms with Gasteiger partial charge in [-0.1, -0.05) is 11.6 Å². The van der Waals surface area contributed by atoms with Gasteiger partial charge in [-0.2, -0.15) is 5.26 Å². The van der Waals surface area contributed by atoms with Crippen molar-refractivity contribution in [3.63, 3.8) is 0 Å². The molecular formula is C13H11FN4. The van der Waals surface area contributed by atoms with Crippen LogP contribution in [0.2, 0.25) is 0 Å². The maximum atomic E-state index is 12.9. The minimum absolute atomic E-state index is 0.287. The van der Waals surface area contributed by atoms with E-state index in [9.17, 15) is 4.39 Å². The van der Waals surface area contributed by atoms with E-state index >= 15 is 0 Å². The van der Waals surface area contributed by atoms with Crippen molar-refractivity contribution in [3.05, 3.63) is 41.5 Å². The number of hydrogen-bond donors (Lipinski definition) is 0. The second-order valence-electron chi connectivity index (χ2n) is 4.45. The Morgan fingerprint density at radius 2 is 2.00 bits per heavy atom. The first-order valence-electron chi connectivity index (χ1n) is 5.91. The summed E-state index contributed by atoms with van der Waals surface area (Å²) in [4.78, 5) is 0. The van der Waals surface area contributed by atoms with Crippen LogP contribution in [-0.2, 0) is 0 Å². The SMILES string of the molecule is N#Cc1nnn(-c2ccc(F)cc2)c1C1CCC1. The zero-order valence-corrected chi connectivity index (χ0v) is 9.67. The first-order valence-corrected chi connectivity index (χ1v) is 5.91. The standard InChI is InChI=1S/C13H11FN4/c14-10-4-6-11(7-5-10)18-13(9-2-1-3-9)12(8-15)16-17-18/h4-7,9H,1-3H2. The van der Waals surface area contributed by atoms with E-state index in [0.717, 1.165) is 24.2 Å². The molecule has 18 heavy (non-hydrogen) atoms. The normalized spacial score (nSPS) is 15.1. The summed E-state index contributed by atoms with van der Waals surface area (Å²) in [6, 6.07) is 8.14. The van der Waals surface area contributed by atoms with Crippen LogP contribution in [0.25, 0.3) is 5.69 Å². The Morgan fingerprint density at radius 1 is 1.28 bits per heavy atom. The molecule has 1 aromatic carbocycles. The van der Waals surface area contributed by atoms with Crippen LogP contribution in [-0.4, -0.2) is 15.0 Å². The molecule has 90 valence electrons. The van der Waals surface area contributed by atoms with Crippen molar-refractivity contribution in [1.82, 2.24) is 15.0 Å². The van der Waals surface area contributed by atoms with Crippen LogP contribution in [0.1, 0.15) is 36.6 Å². The van der Waals surface area contributed by atoms with Crippen molar-refractivity contribution in [2.75, 3.05) is 0 Å². The third-order valence-electron chi connectivity index (χ3n) is 3.37. The fraction of sp³-hybridized carbons (Fsp3) is 0.308. The first-order chi connectivity index (χ1) is 8.79. The highest BCUT2D eigenvalue weighted by molar-refractivity contribution is 5.38. The minimum atomic E-state index is -0.287. The van der Waals surface area contributed by atoms with Crippen molar-refractivity contribution in [2.45, 2.75) is 25.2 Å². The average Bonchev–Trinajstić information content (AvgIpc) is 2.72. The molecule has 1 heterocycles. The fourth-order valence-electron chi connectivity index (χ4n) is 2.19. The summed E-state index contributed by atoms with van der Waals surface area (Å²) < 4.78 is 14.6. The van der Waals surface area contributed by atoms with Crippen LogP contribution in [0, 0.1) is 17.1 Å². The predicted octanol–water partition coefficient (Wildman–Crippen LogP) is 2.55. The molecule has 0 radical (unpaired) electrons. The highest BCUT2D eigenvalue weighted by Gasteiger charge is 2.28. The van der Waals surface area contributed by atoms with Gasteiger partial charge in [0.15, 0.2) is 5.69 Å². The molecule has 0 unspecified atom stereocenters. The molecule has 5 heteroatoms. The molecule has 0 amide bonds. The van der Waals surface area contributed by atoms with Gasteiger partial charge in [0.25, 0.3) is 0 Å². The Kier molecular flexibility index (Phi) is 2.56. The van der Waals surface area contributed by atoms with Gasteiger partial charge in [0.1, 0.15) is 11.9 Å². The molecule has 0 spiro atoms. The van der Waals surface area contributed by atoms with Crippen LogP contribution in [0.3, 0.4) is 0 Å². The van der Waals surface area contributed by atoms with Crippen LogP contribution >= 0.6 is 0 Å². The first kappa shape index (κ1) is 10.9. The van der Waals surface area contributed by atoms with Crippen LogP contribution in [0.4, 0.5) is 4.39 Å². The number of benzene rings is 1. The second-order valence-corrected chi connectivity index (χ2v) is 4.45. The number of rotatable bonds is 2. The molecular weight excluding hydrogens is 231 g/mol. The van der Waals surface area contributed by atoms with Gasteiger partial charge in [0.05, 0.1) is 11.4 Å². The van der Waals surface area contributed by atoms with Crippen molar-refractivity contribution >= 4 is 0 Å². The molecule has 0 bridgehead atoms. The number of hydrogen-bond acceptors (Lipinski definition) is 3. The summed E-state index contributed by atoms with van der Waals surface area (Å²) in [5.74, 6) is 0.0595. The molecule has 1 fully saturated rings. The van der Waals surface area contributed by atoms with E-state index in [1.807, 2.05) is 0 Å². The molecule has 0 aliphatic heterocycles.